The standard InChI is InChI=1S/C10H21NO7/c1-2-5(3-12)11-10(18)9(17)8(16)7(15)6(14)4-13/h5-9,12-17H,2-4H2,1H3,(H,11,18)/t5-,6+,7+,8+,9+/m0/s1. The van der Waals surface area contributed by atoms with E-state index in [1.807, 2.05) is 0 Å². The Morgan fingerprint density at radius 3 is 2.00 bits per heavy atom. The fraction of sp³-hybridized carbons (Fsp3) is 0.900. The molecule has 7 N–H and O–H groups in total. The van der Waals surface area contributed by atoms with Crippen molar-refractivity contribution in [2.45, 2.75) is 43.8 Å². The molecule has 0 unspecified atom stereocenters. The second kappa shape index (κ2) is 8.35. The minimum absolute atomic E-state index is 0.327. The first-order valence-electron chi connectivity index (χ1n) is 5.63. The van der Waals surface area contributed by atoms with Crippen LogP contribution in [0.25, 0.3) is 0 Å². The molecular weight excluding hydrogens is 246 g/mol. The number of rotatable bonds is 8. The predicted molar refractivity (Wildman–Crippen MR) is 60.4 cm³/mol. The molecule has 0 aliphatic rings. The van der Waals surface area contributed by atoms with E-state index in [1.165, 1.54) is 0 Å². The van der Waals surface area contributed by atoms with Crippen LogP contribution in [-0.4, -0.2) is 80.2 Å². The van der Waals surface area contributed by atoms with Gasteiger partial charge >= 0.3 is 0 Å². The summed E-state index contributed by atoms with van der Waals surface area (Å²) in [7, 11) is 0. The quantitative estimate of drug-likeness (QED) is 0.239. The average molecular weight is 267 g/mol. The molecule has 0 rings (SSSR count). The fourth-order valence-corrected chi connectivity index (χ4v) is 1.24. The minimum atomic E-state index is -1.97. The van der Waals surface area contributed by atoms with E-state index in [2.05, 4.69) is 5.32 Å². The van der Waals surface area contributed by atoms with Gasteiger partial charge in [0, 0.05) is 0 Å². The van der Waals surface area contributed by atoms with Gasteiger partial charge in [-0.1, -0.05) is 6.92 Å². The Labute approximate surface area is 105 Å². The number of aliphatic hydroxyl groups is 6. The van der Waals surface area contributed by atoms with E-state index in [-0.39, 0.29) is 6.61 Å². The zero-order valence-corrected chi connectivity index (χ0v) is 10.1. The molecule has 1 amide bonds. The first-order valence-corrected chi connectivity index (χ1v) is 5.63. The summed E-state index contributed by atoms with van der Waals surface area (Å²) in [6, 6.07) is -0.570. The third-order valence-corrected chi connectivity index (χ3v) is 2.58. The summed E-state index contributed by atoms with van der Waals surface area (Å²) in [5.74, 6) is -0.979. The van der Waals surface area contributed by atoms with Gasteiger partial charge in [0.15, 0.2) is 6.10 Å². The fourth-order valence-electron chi connectivity index (χ4n) is 1.24. The maximum atomic E-state index is 11.4. The molecule has 0 heterocycles. The summed E-state index contributed by atoms with van der Waals surface area (Å²) >= 11 is 0. The molecular formula is C10H21NO7. The Morgan fingerprint density at radius 2 is 1.61 bits per heavy atom. The molecule has 8 heteroatoms. The van der Waals surface area contributed by atoms with E-state index in [0.717, 1.165) is 0 Å². The molecule has 0 aromatic rings. The lowest BCUT2D eigenvalue weighted by Gasteiger charge is -2.26. The van der Waals surface area contributed by atoms with Crippen LogP contribution in [0, 0.1) is 0 Å². The average Bonchev–Trinajstić information content (AvgIpc) is 2.40. The first-order chi connectivity index (χ1) is 8.38. The van der Waals surface area contributed by atoms with Crippen LogP contribution in [0.4, 0.5) is 0 Å². The molecule has 0 aliphatic heterocycles. The topological polar surface area (TPSA) is 150 Å². The largest absolute Gasteiger partial charge is 0.394 e. The number of carbonyl (C=O) groups excluding carboxylic acids is 1. The summed E-state index contributed by atoms with van der Waals surface area (Å²) in [6.07, 6.45) is -7.01. The van der Waals surface area contributed by atoms with Gasteiger partial charge in [-0.2, -0.15) is 0 Å². The molecule has 0 aromatic heterocycles. The van der Waals surface area contributed by atoms with Crippen LogP contribution in [-0.2, 0) is 4.79 Å². The van der Waals surface area contributed by atoms with Crippen LogP contribution in [0.1, 0.15) is 13.3 Å². The van der Waals surface area contributed by atoms with Crippen molar-refractivity contribution in [3.05, 3.63) is 0 Å². The third kappa shape index (κ3) is 4.84. The van der Waals surface area contributed by atoms with E-state index >= 15 is 0 Å². The molecule has 5 atom stereocenters. The Hall–Kier alpha value is -0.770. The van der Waals surface area contributed by atoms with Gasteiger partial charge in [-0.3, -0.25) is 4.79 Å². The van der Waals surface area contributed by atoms with E-state index in [0.29, 0.717) is 6.42 Å². The second-order valence-electron chi connectivity index (χ2n) is 3.97. The van der Waals surface area contributed by atoms with Crippen molar-refractivity contribution in [2.24, 2.45) is 0 Å². The van der Waals surface area contributed by atoms with E-state index in [1.54, 1.807) is 6.92 Å². The molecule has 108 valence electrons. The summed E-state index contributed by atoms with van der Waals surface area (Å²) in [4.78, 5) is 11.4. The van der Waals surface area contributed by atoms with E-state index in [4.69, 9.17) is 15.3 Å². The van der Waals surface area contributed by atoms with Crippen LogP contribution in [0.2, 0.25) is 0 Å². The van der Waals surface area contributed by atoms with Gasteiger partial charge in [0.2, 0.25) is 0 Å². The summed E-state index contributed by atoms with van der Waals surface area (Å²) in [5, 5.41) is 56.9. The lowest BCUT2D eigenvalue weighted by Crippen LogP contribution is -2.53. The molecule has 0 aromatic carbocycles. The number of nitrogens with one attached hydrogen (secondary N) is 1. The van der Waals surface area contributed by atoms with Crippen molar-refractivity contribution in [1.82, 2.24) is 5.32 Å². The zero-order valence-electron chi connectivity index (χ0n) is 10.1. The van der Waals surface area contributed by atoms with Gasteiger partial charge in [-0.15, -0.1) is 0 Å². The molecule has 0 saturated heterocycles. The second-order valence-corrected chi connectivity index (χ2v) is 3.97. The van der Waals surface area contributed by atoms with Gasteiger partial charge in [0.25, 0.3) is 5.91 Å². The number of hydrogen-bond acceptors (Lipinski definition) is 7. The van der Waals surface area contributed by atoms with Crippen molar-refractivity contribution in [2.75, 3.05) is 13.2 Å². The van der Waals surface area contributed by atoms with Gasteiger partial charge in [0.05, 0.1) is 19.3 Å². The Balaban J connectivity index is 4.44. The number of hydrogen-bond donors (Lipinski definition) is 7. The van der Waals surface area contributed by atoms with Crippen molar-refractivity contribution in [3.8, 4) is 0 Å². The molecule has 18 heavy (non-hydrogen) atoms. The highest BCUT2D eigenvalue weighted by molar-refractivity contribution is 5.81. The monoisotopic (exact) mass is 267 g/mol. The van der Waals surface area contributed by atoms with E-state index < -0.39 is 43.0 Å². The molecule has 0 fully saturated rings. The molecule has 0 saturated carbocycles. The maximum absolute atomic E-state index is 11.4. The Morgan fingerprint density at radius 1 is 1.06 bits per heavy atom. The van der Waals surface area contributed by atoms with Gasteiger partial charge in [-0.25, -0.2) is 0 Å². The SMILES string of the molecule is CC[C@@H](CO)NC(=O)[C@H](O)[C@H](O)[C@H](O)[C@H](O)CO. The highest BCUT2D eigenvalue weighted by atomic mass is 16.4. The minimum Gasteiger partial charge on any atom is -0.394 e. The van der Waals surface area contributed by atoms with Crippen LogP contribution in [0.3, 0.4) is 0 Å². The van der Waals surface area contributed by atoms with Gasteiger partial charge < -0.3 is 36.0 Å². The molecule has 0 radical (unpaired) electrons. The van der Waals surface area contributed by atoms with Gasteiger partial charge in [-0.05, 0) is 6.42 Å². The van der Waals surface area contributed by atoms with Crippen LogP contribution in [0.5, 0.6) is 0 Å². The van der Waals surface area contributed by atoms with Crippen molar-refractivity contribution >= 4 is 5.91 Å². The van der Waals surface area contributed by atoms with Crippen LogP contribution < -0.4 is 5.32 Å². The lowest BCUT2D eigenvalue weighted by molar-refractivity contribution is -0.149. The Bertz CT molecular complexity index is 246. The molecule has 8 nitrogen and oxygen atoms in total. The van der Waals surface area contributed by atoms with E-state index in [9.17, 15) is 20.1 Å². The predicted octanol–water partition coefficient (Wildman–Crippen LogP) is -3.69. The highest BCUT2D eigenvalue weighted by Crippen LogP contribution is 2.06. The van der Waals surface area contributed by atoms with Crippen molar-refractivity contribution in [1.29, 1.82) is 0 Å². The zero-order chi connectivity index (χ0) is 14.3. The summed E-state index contributed by atoms with van der Waals surface area (Å²) in [5.41, 5.74) is 0. The van der Waals surface area contributed by atoms with Crippen molar-refractivity contribution < 1.29 is 35.4 Å². The normalized spacial score (nSPS) is 19.7. The number of carbonyl (C=O) groups is 1. The summed E-state index contributed by atoms with van der Waals surface area (Å²) < 4.78 is 0. The number of amides is 1. The highest BCUT2D eigenvalue weighted by Gasteiger charge is 2.34. The van der Waals surface area contributed by atoms with Crippen LogP contribution in [0.15, 0.2) is 0 Å². The lowest BCUT2D eigenvalue weighted by atomic mass is 10.0. The first kappa shape index (κ1) is 17.2. The van der Waals surface area contributed by atoms with Crippen molar-refractivity contribution in [3.63, 3.8) is 0 Å². The molecule has 0 aliphatic carbocycles. The number of aliphatic hydroxyl groups excluding tert-OH is 6. The van der Waals surface area contributed by atoms with Crippen LogP contribution >= 0.6 is 0 Å². The molecule has 0 spiro atoms. The Kier molecular flexibility index (Phi) is 8.00. The maximum Gasteiger partial charge on any atom is 0.251 e. The smallest absolute Gasteiger partial charge is 0.251 e. The van der Waals surface area contributed by atoms with Gasteiger partial charge in [0.1, 0.15) is 18.3 Å². The summed E-state index contributed by atoms with van der Waals surface area (Å²) in [6.45, 7) is 0.558. The third-order valence-electron chi connectivity index (χ3n) is 2.58. The molecule has 0 bridgehead atoms.